The number of rotatable bonds is 7. The van der Waals surface area contributed by atoms with E-state index in [-0.39, 0.29) is 6.61 Å². The van der Waals surface area contributed by atoms with Crippen molar-refractivity contribution in [1.82, 2.24) is 14.9 Å². The van der Waals surface area contributed by atoms with Gasteiger partial charge in [0.05, 0.1) is 16.6 Å². The number of halogens is 2. The van der Waals surface area contributed by atoms with Crippen LogP contribution in [0.1, 0.15) is 5.82 Å². The van der Waals surface area contributed by atoms with Gasteiger partial charge in [0.1, 0.15) is 24.3 Å². The van der Waals surface area contributed by atoms with Crippen molar-refractivity contribution < 1.29 is 9.84 Å². The molecule has 0 radical (unpaired) electrons. The van der Waals surface area contributed by atoms with E-state index in [0.29, 0.717) is 28.9 Å². The fourth-order valence-corrected chi connectivity index (χ4v) is 2.02. The second kappa shape index (κ2) is 7.66. The van der Waals surface area contributed by atoms with Gasteiger partial charge in [0, 0.05) is 32.1 Å². The highest BCUT2D eigenvalue weighted by Crippen LogP contribution is 2.26. The number of hydrogen-bond donors (Lipinski definition) is 2. The first-order valence-corrected chi connectivity index (χ1v) is 7.24. The molecular weight excluding hydrogens is 313 g/mol. The number of aryl methyl sites for hydroxylation is 1. The predicted octanol–water partition coefficient (Wildman–Crippen LogP) is 2.26. The Hall–Kier alpha value is -1.27. The third-order valence-corrected chi connectivity index (χ3v) is 3.66. The second-order valence-electron chi connectivity index (χ2n) is 4.63. The lowest BCUT2D eigenvalue weighted by atomic mass is 10.3. The summed E-state index contributed by atoms with van der Waals surface area (Å²) in [5, 5.41) is 13.9. The van der Waals surface area contributed by atoms with Crippen LogP contribution in [-0.4, -0.2) is 33.9 Å². The summed E-state index contributed by atoms with van der Waals surface area (Å²) < 4.78 is 7.38. The van der Waals surface area contributed by atoms with Gasteiger partial charge in [-0.15, -0.1) is 0 Å². The first-order chi connectivity index (χ1) is 10.1. The van der Waals surface area contributed by atoms with Gasteiger partial charge in [-0.2, -0.15) is 0 Å². The molecule has 7 heteroatoms. The summed E-state index contributed by atoms with van der Waals surface area (Å²) >= 11 is 11.7. The van der Waals surface area contributed by atoms with E-state index in [4.69, 9.17) is 27.9 Å². The summed E-state index contributed by atoms with van der Waals surface area (Å²) in [5.74, 6) is 1.49. The van der Waals surface area contributed by atoms with Gasteiger partial charge in [-0.1, -0.05) is 23.2 Å². The molecule has 2 rings (SSSR count). The van der Waals surface area contributed by atoms with Crippen molar-refractivity contribution in [2.45, 2.75) is 12.6 Å². The molecule has 21 heavy (non-hydrogen) atoms. The minimum Gasteiger partial charge on any atom is -0.491 e. The highest BCUT2D eigenvalue weighted by atomic mass is 35.5. The van der Waals surface area contributed by atoms with E-state index in [9.17, 15) is 5.11 Å². The van der Waals surface area contributed by atoms with Crippen molar-refractivity contribution in [3.63, 3.8) is 0 Å². The number of aliphatic hydroxyl groups excluding tert-OH is 1. The Morgan fingerprint density at radius 1 is 1.38 bits per heavy atom. The first-order valence-electron chi connectivity index (χ1n) is 6.49. The zero-order valence-corrected chi connectivity index (χ0v) is 13.1. The van der Waals surface area contributed by atoms with Crippen LogP contribution in [0.15, 0.2) is 30.6 Å². The Morgan fingerprint density at radius 2 is 2.19 bits per heavy atom. The molecule has 0 saturated carbocycles. The van der Waals surface area contributed by atoms with E-state index < -0.39 is 6.10 Å². The Balaban J connectivity index is 1.71. The van der Waals surface area contributed by atoms with Gasteiger partial charge in [0.2, 0.25) is 0 Å². The summed E-state index contributed by atoms with van der Waals surface area (Å²) in [5.41, 5.74) is 0. The Kier molecular flexibility index (Phi) is 5.87. The van der Waals surface area contributed by atoms with Crippen LogP contribution in [-0.2, 0) is 13.6 Å². The molecule has 0 aliphatic carbocycles. The minimum atomic E-state index is -0.625. The number of ether oxygens (including phenoxy) is 1. The lowest BCUT2D eigenvalue weighted by Gasteiger charge is -2.13. The van der Waals surface area contributed by atoms with E-state index in [1.54, 1.807) is 24.4 Å². The minimum absolute atomic E-state index is 0.172. The average Bonchev–Trinajstić information content (AvgIpc) is 2.86. The van der Waals surface area contributed by atoms with Crippen LogP contribution in [0.5, 0.6) is 5.75 Å². The monoisotopic (exact) mass is 329 g/mol. The summed E-state index contributed by atoms with van der Waals surface area (Å²) in [7, 11) is 1.92. The molecule has 0 bridgehead atoms. The molecule has 0 spiro atoms. The second-order valence-corrected chi connectivity index (χ2v) is 5.44. The van der Waals surface area contributed by atoms with Crippen molar-refractivity contribution in [3.05, 3.63) is 46.5 Å². The van der Waals surface area contributed by atoms with Gasteiger partial charge >= 0.3 is 0 Å². The zero-order valence-electron chi connectivity index (χ0n) is 11.6. The van der Waals surface area contributed by atoms with Crippen LogP contribution in [0.4, 0.5) is 0 Å². The van der Waals surface area contributed by atoms with Crippen molar-refractivity contribution in [3.8, 4) is 5.75 Å². The van der Waals surface area contributed by atoms with Gasteiger partial charge in [-0.3, -0.25) is 0 Å². The van der Waals surface area contributed by atoms with Gasteiger partial charge in [0.25, 0.3) is 0 Å². The Bertz CT molecular complexity index is 589. The van der Waals surface area contributed by atoms with E-state index in [1.165, 1.54) is 0 Å². The summed E-state index contributed by atoms with van der Waals surface area (Å²) in [4.78, 5) is 4.18. The Labute approximate surface area is 133 Å². The summed E-state index contributed by atoms with van der Waals surface area (Å²) in [6.07, 6.45) is 2.99. The zero-order chi connectivity index (χ0) is 15.2. The molecule has 0 aliphatic rings. The molecule has 0 amide bonds. The molecule has 1 atom stereocenters. The lowest BCUT2D eigenvalue weighted by molar-refractivity contribution is 0.106. The molecule has 2 N–H and O–H groups in total. The third kappa shape index (κ3) is 4.89. The van der Waals surface area contributed by atoms with E-state index >= 15 is 0 Å². The normalized spacial score (nSPS) is 12.4. The topological polar surface area (TPSA) is 59.3 Å². The van der Waals surface area contributed by atoms with Gasteiger partial charge < -0.3 is 19.7 Å². The number of benzene rings is 1. The van der Waals surface area contributed by atoms with Crippen LogP contribution in [0.2, 0.25) is 10.0 Å². The molecular formula is C14H17Cl2N3O2. The first kappa shape index (κ1) is 16.1. The van der Waals surface area contributed by atoms with Crippen LogP contribution in [0.3, 0.4) is 0 Å². The predicted molar refractivity (Wildman–Crippen MR) is 82.9 cm³/mol. The molecule has 1 heterocycles. The quantitative estimate of drug-likeness (QED) is 0.818. The summed E-state index contributed by atoms with van der Waals surface area (Å²) in [6, 6.07) is 4.99. The van der Waals surface area contributed by atoms with Crippen molar-refractivity contribution >= 4 is 23.2 Å². The van der Waals surface area contributed by atoms with E-state index in [0.717, 1.165) is 5.82 Å². The standard InChI is InChI=1S/C14H17Cl2N3O2/c1-19-5-4-18-14(19)8-17-7-10(20)9-21-11-2-3-12(15)13(16)6-11/h2-6,10,17,20H,7-9H2,1H3. The van der Waals surface area contributed by atoms with Gasteiger partial charge in [-0.05, 0) is 12.1 Å². The van der Waals surface area contributed by atoms with E-state index in [1.807, 2.05) is 17.8 Å². The van der Waals surface area contributed by atoms with Crippen LogP contribution in [0.25, 0.3) is 0 Å². The highest BCUT2D eigenvalue weighted by Gasteiger charge is 2.07. The lowest BCUT2D eigenvalue weighted by Crippen LogP contribution is -2.31. The number of nitrogens with zero attached hydrogens (tertiary/aromatic N) is 2. The molecule has 5 nitrogen and oxygen atoms in total. The molecule has 0 fully saturated rings. The maximum atomic E-state index is 9.86. The highest BCUT2D eigenvalue weighted by molar-refractivity contribution is 6.42. The fourth-order valence-electron chi connectivity index (χ4n) is 1.74. The maximum absolute atomic E-state index is 9.86. The number of hydrogen-bond acceptors (Lipinski definition) is 4. The Morgan fingerprint density at radius 3 is 2.86 bits per heavy atom. The molecule has 1 aromatic carbocycles. The van der Waals surface area contributed by atoms with Crippen molar-refractivity contribution in [2.75, 3.05) is 13.2 Å². The fraction of sp³-hybridized carbons (Fsp3) is 0.357. The maximum Gasteiger partial charge on any atom is 0.122 e. The molecule has 0 aliphatic heterocycles. The van der Waals surface area contributed by atoms with Gasteiger partial charge in [0.15, 0.2) is 0 Å². The number of aromatic nitrogens is 2. The largest absolute Gasteiger partial charge is 0.491 e. The van der Waals surface area contributed by atoms with Gasteiger partial charge in [-0.25, -0.2) is 4.98 Å². The molecule has 2 aromatic rings. The number of aliphatic hydroxyl groups is 1. The smallest absolute Gasteiger partial charge is 0.122 e. The van der Waals surface area contributed by atoms with Crippen LogP contribution < -0.4 is 10.1 Å². The van der Waals surface area contributed by atoms with Crippen molar-refractivity contribution in [2.24, 2.45) is 7.05 Å². The van der Waals surface area contributed by atoms with E-state index in [2.05, 4.69) is 10.3 Å². The molecule has 1 unspecified atom stereocenters. The molecule has 1 aromatic heterocycles. The van der Waals surface area contributed by atoms with Crippen LogP contribution in [0, 0.1) is 0 Å². The molecule has 0 saturated heterocycles. The number of nitrogens with one attached hydrogen (secondary N) is 1. The average molecular weight is 330 g/mol. The summed E-state index contributed by atoms with van der Waals surface area (Å²) in [6.45, 7) is 1.17. The SMILES string of the molecule is Cn1ccnc1CNCC(O)COc1ccc(Cl)c(Cl)c1. The number of imidazole rings is 1. The third-order valence-electron chi connectivity index (χ3n) is 2.92. The van der Waals surface area contributed by atoms with Crippen LogP contribution >= 0.6 is 23.2 Å². The van der Waals surface area contributed by atoms with Crippen molar-refractivity contribution in [1.29, 1.82) is 0 Å². The molecule has 114 valence electrons.